The zero-order valence-corrected chi connectivity index (χ0v) is 11.8. The quantitative estimate of drug-likeness (QED) is 0.727. The molecule has 0 heterocycles. The number of hydrogen-bond acceptors (Lipinski definition) is 3. The van der Waals surface area contributed by atoms with E-state index in [1.807, 2.05) is 25.1 Å². The monoisotopic (exact) mass is 262 g/mol. The Hall–Kier alpha value is -1.51. The van der Waals surface area contributed by atoms with E-state index in [9.17, 15) is 4.79 Å². The fourth-order valence-corrected chi connectivity index (χ4v) is 2.50. The number of ketones is 1. The molecule has 0 unspecified atom stereocenters. The number of Topliss-reactive ketones (excluding diaryl/α,β-unsaturated/α-hetero) is 1. The van der Waals surface area contributed by atoms with Crippen LogP contribution in [0.1, 0.15) is 55.8 Å². The number of hydrogen-bond donors (Lipinski definition) is 0. The van der Waals surface area contributed by atoms with E-state index in [0.717, 1.165) is 24.8 Å². The van der Waals surface area contributed by atoms with Crippen LogP contribution in [0.25, 0.3) is 0 Å². The second-order valence-electron chi connectivity index (χ2n) is 5.06. The first-order valence-electron chi connectivity index (χ1n) is 7.12. The van der Waals surface area contributed by atoms with Crippen LogP contribution in [0.15, 0.2) is 18.2 Å². The summed E-state index contributed by atoms with van der Waals surface area (Å²) in [6, 6.07) is 5.47. The Morgan fingerprint density at radius 2 is 2.00 bits per heavy atom. The van der Waals surface area contributed by atoms with E-state index in [2.05, 4.69) is 0 Å². The first kappa shape index (κ1) is 13.9. The van der Waals surface area contributed by atoms with Gasteiger partial charge in [-0.15, -0.1) is 0 Å². The summed E-state index contributed by atoms with van der Waals surface area (Å²) in [5.41, 5.74) is 0.718. The summed E-state index contributed by atoms with van der Waals surface area (Å²) >= 11 is 0. The molecule has 0 radical (unpaired) electrons. The van der Waals surface area contributed by atoms with Gasteiger partial charge in [-0.05, 0) is 50.3 Å². The summed E-state index contributed by atoms with van der Waals surface area (Å²) in [4.78, 5) is 11.9. The smallest absolute Gasteiger partial charge is 0.163 e. The summed E-state index contributed by atoms with van der Waals surface area (Å²) in [5.74, 6) is 1.58. The van der Waals surface area contributed by atoms with Gasteiger partial charge in [0.2, 0.25) is 0 Å². The molecule has 0 N–H and O–H groups in total. The third kappa shape index (κ3) is 3.49. The molecule has 0 bridgehead atoms. The summed E-state index contributed by atoms with van der Waals surface area (Å²) in [6.45, 7) is 2.01. The van der Waals surface area contributed by atoms with Gasteiger partial charge >= 0.3 is 0 Å². The van der Waals surface area contributed by atoms with Crippen LogP contribution < -0.4 is 9.47 Å². The Bertz CT molecular complexity index is 434. The van der Waals surface area contributed by atoms with E-state index >= 15 is 0 Å². The van der Waals surface area contributed by atoms with Gasteiger partial charge in [0.05, 0.1) is 13.2 Å². The maximum absolute atomic E-state index is 11.9. The molecule has 1 aromatic carbocycles. The van der Waals surface area contributed by atoms with Crippen molar-refractivity contribution in [3.8, 4) is 11.5 Å². The molecule has 1 aliphatic rings. The average Bonchev–Trinajstić information content (AvgIpc) is 2.92. The lowest BCUT2D eigenvalue weighted by Crippen LogP contribution is -2.12. The van der Waals surface area contributed by atoms with Crippen molar-refractivity contribution in [2.75, 3.05) is 7.11 Å². The van der Waals surface area contributed by atoms with Gasteiger partial charge in [0.1, 0.15) is 0 Å². The molecule has 1 aromatic rings. The van der Waals surface area contributed by atoms with Crippen LogP contribution in [0.2, 0.25) is 0 Å². The van der Waals surface area contributed by atoms with Crippen molar-refractivity contribution < 1.29 is 14.3 Å². The molecule has 0 amide bonds. The second kappa shape index (κ2) is 6.60. The molecule has 19 heavy (non-hydrogen) atoms. The van der Waals surface area contributed by atoms with Crippen molar-refractivity contribution in [1.29, 1.82) is 0 Å². The molecule has 2 rings (SSSR count). The summed E-state index contributed by atoms with van der Waals surface area (Å²) in [7, 11) is 1.63. The van der Waals surface area contributed by atoms with Gasteiger partial charge in [-0.25, -0.2) is 0 Å². The summed E-state index contributed by atoms with van der Waals surface area (Å²) in [6.07, 6.45) is 6.35. The van der Waals surface area contributed by atoms with Crippen LogP contribution in [0, 0.1) is 0 Å². The van der Waals surface area contributed by atoms with Gasteiger partial charge in [0.15, 0.2) is 17.3 Å². The first-order valence-corrected chi connectivity index (χ1v) is 7.12. The fraction of sp³-hybridized carbons (Fsp3) is 0.562. The van der Waals surface area contributed by atoms with Crippen molar-refractivity contribution >= 4 is 5.78 Å². The molecule has 3 heteroatoms. The van der Waals surface area contributed by atoms with Gasteiger partial charge in [-0.1, -0.05) is 6.92 Å². The van der Waals surface area contributed by atoms with E-state index in [4.69, 9.17) is 9.47 Å². The highest BCUT2D eigenvalue weighted by Crippen LogP contribution is 2.32. The lowest BCUT2D eigenvalue weighted by molar-refractivity contribution is 0.0980. The molecule has 1 aliphatic carbocycles. The maximum atomic E-state index is 11.9. The standard InChI is InChI=1S/C16H22O3/c1-3-6-14(17)12-9-10-15(18-2)16(11-12)19-13-7-4-5-8-13/h9-11,13H,3-8H2,1-2H3. The van der Waals surface area contributed by atoms with E-state index in [0.29, 0.717) is 17.9 Å². The topological polar surface area (TPSA) is 35.5 Å². The van der Waals surface area contributed by atoms with E-state index in [1.54, 1.807) is 7.11 Å². The van der Waals surface area contributed by atoms with Gasteiger partial charge in [0, 0.05) is 12.0 Å². The Labute approximate surface area is 114 Å². The minimum Gasteiger partial charge on any atom is -0.493 e. The van der Waals surface area contributed by atoms with Crippen LogP contribution >= 0.6 is 0 Å². The van der Waals surface area contributed by atoms with Crippen molar-refractivity contribution in [3.63, 3.8) is 0 Å². The van der Waals surface area contributed by atoms with Gasteiger partial charge in [-0.3, -0.25) is 4.79 Å². The van der Waals surface area contributed by atoms with Gasteiger partial charge in [0.25, 0.3) is 0 Å². The van der Waals surface area contributed by atoms with Crippen molar-refractivity contribution in [2.24, 2.45) is 0 Å². The molecule has 0 spiro atoms. The van der Waals surface area contributed by atoms with Crippen molar-refractivity contribution in [1.82, 2.24) is 0 Å². The highest BCUT2D eigenvalue weighted by molar-refractivity contribution is 5.96. The molecule has 0 saturated heterocycles. The molecule has 1 fully saturated rings. The van der Waals surface area contributed by atoms with Crippen LogP contribution in [-0.4, -0.2) is 19.0 Å². The molecule has 0 aliphatic heterocycles. The largest absolute Gasteiger partial charge is 0.493 e. The first-order chi connectivity index (χ1) is 9.24. The average molecular weight is 262 g/mol. The summed E-state index contributed by atoms with van der Waals surface area (Å²) < 4.78 is 11.3. The van der Waals surface area contributed by atoms with Gasteiger partial charge < -0.3 is 9.47 Å². The van der Waals surface area contributed by atoms with E-state index < -0.39 is 0 Å². The van der Waals surface area contributed by atoms with E-state index in [-0.39, 0.29) is 11.9 Å². The minimum atomic E-state index is 0.168. The van der Waals surface area contributed by atoms with Crippen molar-refractivity contribution in [3.05, 3.63) is 23.8 Å². The van der Waals surface area contributed by atoms with Crippen LogP contribution in [0.5, 0.6) is 11.5 Å². The normalized spacial score (nSPS) is 15.5. The van der Waals surface area contributed by atoms with Crippen LogP contribution in [0.3, 0.4) is 0 Å². The van der Waals surface area contributed by atoms with Crippen LogP contribution in [-0.2, 0) is 0 Å². The van der Waals surface area contributed by atoms with Crippen molar-refractivity contribution in [2.45, 2.75) is 51.6 Å². The zero-order valence-electron chi connectivity index (χ0n) is 11.8. The molecule has 0 atom stereocenters. The predicted octanol–water partition coefficient (Wildman–Crippen LogP) is 4.00. The van der Waals surface area contributed by atoms with E-state index in [1.165, 1.54) is 12.8 Å². The number of carbonyl (C=O) groups is 1. The Balaban J connectivity index is 2.17. The molecular formula is C16H22O3. The Morgan fingerprint density at radius 1 is 1.26 bits per heavy atom. The van der Waals surface area contributed by atoms with Crippen LogP contribution in [0.4, 0.5) is 0 Å². The van der Waals surface area contributed by atoms with Gasteiger partial charge in [-0.2, -0.15) is 0 Å². The summed E-state index contributed by atoms with van der Waals surface area (Å²) in [5, 5.41) is 0. The number of carbonyl (C=O) groups excluding carboxylic acids is 1. The third-order valence-electron chi connectivity index (χ3n) is 3.56. The number of methoxy groups -OCH3 is 1. The fourth-order valence-electron chi connectivity index (χ4n) is 2.50. The Morgan fingerprint density at radius 3 is 2.63 bits per heavy atom. The third-order valence-corrected chi connectivity index (χ3v) is 3.56. The second-order valence-corrected chi connectivity index (χ2v) is 5.06. The number of benzene rings is 1. The molecular weight excluding hydrogens is 240 g/mol. The maximum Gasteiger partial charge on any atom is 0.163 e. The highest BCUT2D eigenvalue weighted by Gasteiger charge is 2.19. The zero-order chi connectivity index (χ0) is 13.7. The molecule has 104 valence electrons. The molecule has 1 saturated carbocycles. The Kier molecular flexibility index (Phi) is 4.83. The number of ether oxygens (including phenoxy) is 2. The lowest BCUT2D eigenvalue weighted by atomic mass is 10.1. The molecule has 3 nitrogen and oxygen atoms in total. The molecule has 0 aromatic heterocycles. The highest BCUT2D eigenvalue weighted by atomic mass is 16.5. The SMILES string of the molecule is CCCC(=O)c1ccc(OC)c(OC2CCCC2)c1. The number of rotatable bonds is 6. The lowest BCUT2D eigenvalue weighted by Gasteiger charge is -2.16. The predicted molar refractivity (Wildman–Crippen MR) is 75.1 cm³/mol. The minimum absolute atomic E-state index is 0.168.